The normalized spacial score (nSPS) is 23.2. The van der Waals surface area contributed by atoms with Gasteiger partial charge in [0.2, 0.25) is 0 Å². The fourth-order valence-electron chi connectivity index (χ4n) is 3.43. The number of aromatic amines is 1. The van der Waals surface area contributed by atoms with Crippen molar-refractivity contribution in [1.29, 1.82) is 0 Å². The zero-order chi connectivity index (χ0) is 17.6. The Labute approximate surface area is 143 Å². The number of thioether (sulfide) groups is 1. The molecule has 3 rings (SSSR count). The van der Waals surface area contributed by atoms with Gasteiger partial charge in [0, 0.05) is 17.0 Å². The highest BCUT2D eigenvalue weighted by atomic mass is 32.2. The van der Waals surface area contributed by atoms with E-state index in [1.54, 1.807) is 25.6 Å². The summed E-state index contributed by atoms with van der Waals surface area (Å²) in [6.07, 6.45) is 0.585. The van der Waals surface area contributed by atoms with Crippen LogP contribution in [0.3, 0.4) is 0 Å². The molecule has 1 atom stereocenters. The van der Waals surface area contributed by atoms with Crippen LogP contribution in [-0.4, -0.2) is 57.0 Å². The number of hydrogen-bond donors (Lipinski definition) is 2. The van der Waals surface area contributed by atoms with Crippen LogP contribution >= 0.6 is 11.8 Å². The lowest BCUT2D eigenvalue weighted by molar-refractivity contribution is -0.130. The van der Waals surface area contributed by atoms with E-state index in [1.807, 2.05) is 0 Å². The summed E-state index contributed by atoms with van der Waals surface area (Å²) < 4.78 is 0. The molecule has 0 unspecified atom stereocenters. The van der Waals surface area contributed by atoms with E-state index >= 15 is 0 Å². The maximum atomic E-state index is 12.6. The number of ketones is 2. The molecule has 2 aliphatic rings. The smallest absolute Gasteiger partial charge is 0.325 e. The molecule has 2 fully saturated rings. The Morgan fingerprint density at radius 1 is 1.29 bits per heavy atom. The number of rotatable bonds is 4. The van der Waals surface area contributed by atoms with E-state index in [4.69, 9.17) is 0 Å². The van der Waals surface area contributed by atoms with Crippen LogP contribution in [0.4, 0.5) is 4.79 Å². The first-order valence-electron chi connectivity index (χ1n) is 7.72. The van der Waals surface area contributed by atoms with E-state index in [0.29, 0.717) is 29.0 Å². The number of H-pyrrole nitrogens is 1. The first-order valence-corrected chi connectivity index (χ1v) is 8.87. The number of aryl methyl sites for hydroxylation is 1. The summed E-state index contributed by atoms with van der Waals surface area (Å²) in [7, 11) is 0. The maximum absolute atomic E-state index is 12.6. The van der Waals surface area contributed by atoms with Gasteiger partial charge in [0.15, 0.2) is 11.6 Å². The number of carbonyl (C=O) groups excluding carboxylic acids is 4. The number of urea groups is 1. The Balaban J connectivity index is 1.83. The number of aromatic nitrogens is 1. The minimum absolute atomic E-state index is 0.128. The third-order valence-electron chi connectivity index (χ3n) is 4.64. The van der Waals surface area contributed by atoms with E-state index < -0.39 is 11.6 Å². The fraction of sp³-hybridized carbons (Fsp3) is 0.500. The lowest BCUT2D eigenvalue weighted by atomic mass is 9.99. The van der Waals surface area contributed by atoms with Gasteiger partial charge in [0.05, 0.1) is 12.2 Å². The van der Waals surface area contributed by atoms with Crippen molar-refractivity contribution >= 4 is 35.3 Å². The molecule has 128 valence electrons. The molecule has 1 aromatic heterocycles. The predicted molar refractivity (Wildman–Crippen MR) is 89.5 cm³/mol. The number of amides is 3. The molecular formula is C16H19N3O4S. The summed E-state index contributed by atoms with van der Waals surface area (Å²) in [5.74, 6) is 0.507. The van der Waals surface area contributed by atoms with E-state index in [2.05, 4.69) is 10.3 Å². The average Bonchev–Trinajstić information content (AvgIpc) is 3.14. The predicted octanol–water partition coefficient (Wildman–Crippen LogP) is 1.44. The molecular weight excluding hydrogens is 330 g/mol. The third-order valence-corrected chi connectivity index (χ3v) is 5.83. The van der Waals surface area contributed by atoms with Gasteiger partial charge in [-0.15, -0.1) is 0 Å². The lowest BCUT2D eigenvalue weighted by Gasteiger charge is -2.18. The number of hydrogen-bond acceptors (Lipinski definition) is 5. The number of nitrogens with zero attached hydrogens (tertiary/aromatic N) is 1. The van der Waals surface area contributed by atoms with Crippen molar-refractivity contribution in [3.8, 4) is 0 Å². The second-order valence-corrected chi connectivity index (χ2v) is 7.42. The van der Waals surface area contributed by atoms with Crippen LogP contribution in [0.5, 0.6) is 0 Å². The molecule has 2 saturated heterocycles. The highest BCUT2D eigenvalue weighted by Gasteiger charge is 2.53. The van der Waals surface area contributed by atoms with E-state index in [1.165, 1.54) is 6.92 Å². The Morgan fingerprint density at radius 2 is 2.00 bits per heavy atom. The fourth-order valence-corrected chi connectivity index (χ4v) is 4.76. The molecule has 2 aliphatic heterocycles. The van der Waals surface area contributed by atoms with Crippen molar-refractivity contribution < 1.29 is 19.2 Å². The minimum atomic E-state index is -0.854. The van der Waals surface area contributed by atoms with Crippen molar-refractivity contribution in [2.45, 2.75) is 32.7 Å². The van der Waals surface area contributed by atoms with E-state index in [-0.39, 0.29) is 29.7 Å². The molecule has 0 saturated carbocycles. The van der Waals surface area contributed by atoms with Gasteiger partial charge in [-0.25, -0.2) is 4.79 Å². The number of imide groups is 1. The SMILES string of the molecule is CC(=O)c1c(C)[nH]c(C(=O)CN2C(=O)N[C@]3(CCSC3)C2=O)c1C. The van der Waals surface area contributed by atoms with Crippen molar-refractivity contribution in [1.82, 2.24) is 15.2 Å². The van der Waals surface area contributed by atoms with Crippen LogP contribution < -0.4 is 5.32 Å². The van der Waals surface area contributed by atoms with E-state index in [0.717, 1.165) is 10.7 Å². The van der Waals surface area contributed by atoms with Crippen LogP contribution in [0, 0.1) is 13.8 Å². The topological polar surface area (TPSA) is 99.3 Å². The van der Waals surface area contributed by atoms with E-state index in [9.17, 15) is 19.2 Å². The Kier molecular flexibility index (Phi) is 4.03. The Hall–Kier alpha value is -2.09. The molecule has 2 N–H and O–H groups in total. The number of Topliss-reactive ketones (excluding diaryl/α,β-unsaturated/α-hetero) is 2. The quantitative estimate of drug-likeness (QED) is 0.633. The summed E-state index contributed by atoms with van der Waals surface area (Å²) in [6, 6.07) is -0.524. The highest BCUT2D eigenvalue weighted by molar-refractivity contribution is 7.99. The number of carbonyl (C=O) groups is 4. The second kappa shape index (κ2) is 5.77. The Morgan fingerprint density at radius 3 is 2.54 bits per heavy atom. The summed E-state index contributed by atoms with van der Waals surface area (Å²) >= 11 is 1.61. The van der Waals surface area contributed by atoms with Crippen molar-refractivity contribution in [3.63, 3.8) is 0 Å². The van der Waals surface area contributed by atoms with Gasteiger partial charge >= 0.3 is 6.03 Å². The molecule has 24 heavy (non-hydrogen) atoms. The molecule has 3 amide bonds. The zero-order valence-electron chi connectivity index (χ0n) is 13.8. The molecule has 1 spiro atoms. The van der Waals surface area contributed by atoms with Crippen LogP contribution in [0.15, 0.2) is 0 Å². The molecule has 3 heterocycles. The van der Waals surface area contributed by atoms with Crippen molar-refractivity contribution in [2.24, 2.45) is 0 Å². The Bertz CT molecular complexity index is 762. The summed E-state index contributed by atoms with van der Waals surface area (Å²) in [4.78, 5) is 52.9. The van der Waals surface area contributed by atoms with Gasteiger partial charge in [-0.3, -0.25) is 19.3 Å². The molecule has 0 radical (unpaired) electrons. The maximum Gasteiger partial charge on any atom is 0.325 e. The summed E-state index contributed by atoms with van der Waals surface area (Å²) in [5.41, 5.74) is 1.08. The first-order chi connectivity index (χ1) is 11.3. The molecule has 0 aromatic carbocycles. The van der Waals surface area contributed by atoms with Gasteiger partial charge in [0.25, 0.3) is 5.91 Å². The first kappa shape index (κ1) is 16.8. The van der Waals surface area contributed by atoms with Crippen LogP contribution in [0.2, 0.25) is 0 Å². The number of nitrogens with one attached hydrogen (secondary N) is 2. The van der Waals surface area contributed by atoms with Crippen molar-refractivity contribution in [2.75, 3.05) is 18.1 Å². The largest absolute Gasteiger partial charge is 0.355 e. The molecule has 1 aromatic rings. The third kappa shape index (κ3) is 2.45. The summed E-state index contributed by atoms with van der Waals surface area (Å²) in [6.45, 7) is 4.53. The molecule has 0 aliphatic carbocycles. The van der Waals surface area contributed by atoms with Crippen LogP contribution in [0.1, 0.15) is 45.4 Å². The highest BCUT2D eigenvalue weighted by Crippen LogP contribution is 2.33. The van der Waals surface area contributed by atoms with Gasteiger partial charge in [-0.05, 0) is 38.5 Å². The van der Waals surface area contributed by atoms with Crippen molar-refractivity contribution in [3.05, 3.63) is 22.5 Å². The van der Waals surface area contributed by atoms with Gasteiger partial charge in [0.1, 0.15) is 5.54 Å². The molecule has 0 bridgehead atoms. The zero-order valence-corrected chi connectivity index (χ0v) is 14.6. The molecule has 8 heteroatoms. The van der Waals surface area contributed by atoms with Crippen LogP contribution in [-0.2, 0) is 4.79 Å². The van der Waals surface area contributed by atoms with Crippen LogP contribution in [0.25, 0.3) is 0 Å². The van der Waals surface area contributed by atoms with Gasteiger partial charge in [-0.2, -0.15) is 11.8 Å². The standard InChI is InChI=1S/C16H19N3O4S/c1-8-12(10(3)20)9(2)17-13(8)11(21)6-19-14(22)16(18-15(19)23)4-5-24-7-16/h17H,4-7H2,1-3H3,(H,18,23)/t16-/m0/s1. The minimum Gasteiger partial charge on any atom is -0.355 e. The lowest BCUT2D eigenvalue weighted by Crippen LogP contribution is -2.47. The average molecular weight is 349 g/mol. The summed E-state index contributed by atoms with van der Waals surface area (Å²) in [5, 5.41) is 2.74. The van der Waals surface area contributed by atoms with Gasteiger partial charge < -0.3 is 10.3 Å². The molecule has 7 nitrogen and oxygen atoms in total. The monoisotopic (exact) mass is 349 g/mol. The van der Waals surface area contributed by atoms with Gasteiger partial charge in [-0.1, -0.05) is 0 Å². The second-order valence-electron chi connectivity index (χ2n) is 6.31.